The molecule has 6 nitrogen and oxygen atoms in total. The summed E-state index contributed by atoms with van der Waals surface area (Å²) in [6.07, 6.45) is 0. The fourth-order valence-electron chi connectivity index (χ4n) is 1.68. The van der Waals surface area contributed by atoms with E-state index >= 15 is 0 Å². The van der Waals surface area contributed by atoms with Crippen LogP contribution in [0.4, 0.5) is 0 Å². The van der Waals surface area contributed by atoms with E-state index in [0.29, 0.717) is 18.3 Å². The van der Waals surface area contributed by atoms with Gasteiger partial charge in [0, 0.05) is 12.7 Å². The highest BCUT2D eigenvalue weighted by atomic mass is 79.9. The molecule has 0 atom stereocenters. The Labute approximate surface area is 119 Å². The Morgan fingerprint density at radius 3 is 2.74 bits per heavy atom. The van der Waals surface area contributed by atoms with Gasteiger partial charge in [0.15, 0.2) is 0 Å². The summed E-state index contributed by atoms with van der Waals surface area (Å²) >= 11 is 3.44. The van der Waals surface area contributed by atoms with Gasteiger partial charge in [-0.15, -0.1) is 0 Å². The third-order valence-corrected chi connectivity index (χ3v) is 3.18. The lowest BCUT2D eigenvalue weighted by Gasteiger charge is -2.10. The summed E-state index contributed by atoms with van der Waals surface area (Å²) in [5.74, 6) is 1.60. The van der Waals surface area contributed by atoms with Crippen LogP contribution in [0.5, 0.6) is 5.75 Å². The number of benzene rings is 1. The number of ether oxygens (including phenoxy) is 2. The van der Waals surface area contributed by atoms with E-state index in [-0.39, 0.29) is 6.54 Å². The lowest BCUT2D eigenvalue weighted by Crippen LogP contribution is -1.98. The number of aromatic nitrogens is 2. The molecule has 1 heterocycles. The molecular weight excluding hydrogens is 314 g/mol. The third-order valence-electron chi connectivity index (χ3n) is 2.56. The minimum absolute atomic E-state index is 0.212. The van der Waals surface area contributed by atoms with Crippen molar-refractivity contribution in [2.75, 3.05) is 14.2 Å². The third kappa shape index (κ3) is 2.94. The van der Waals surface area contributed by atoms with Gasteiger partial charge in [0.05, 0.1) is 24.7 Å². The number of nitrogens with two attached hydrogens (primary N) is 1. The first-order valence-corrected chi connectivity index (χ1v) is 6.37. The van der Waals surface area contributed by atoms with E-state index in [9.17, 15) is 0 Å². The minimum atomic E-state index is 0.212. The Bertz CT molecular complexity index is 571. The molecule has 0 saturated carbocycles. The van der Waals surface area contributed by atoms with Crippen LogP contribution in [0, 0.1) is 0 Å². The Kier molecular flexibility index (Phi) is 4.52. The molecule has 0 aliphatic heterocycles. The van der Waals surface area contributed by atoms with Crippen LogP contribution < -0.4 is 10.5 Å². The fraction of sp³-hybridized carbons (Fsp3) is 0.333. The van der Waals surface area contributed by atoms with Crippen LogP contribution in [0.25, 0.3) is 11.4 Å². The standard InChI is InChI=1S/C12H14BrN3O3/c1-17-6-7-3-10(18-2)9(13)4-8(7)12-15-11(5-14)19-16-12/h3-4H,5-6,14H2,1-2H3. The molecule has 0 fully saturated rings. The first kappa shape index (κ1) is 14.0. The summed E-state index contributed by atoms with van der Waals surface area (Å²) in [7, 11) is 3.23. The molecule has 0 unspecified atom stereocenters. The Morgan fingerprint density at radius 2 is 2.16 bits per heavy atom. The van der Waals surface area contributed by atoms with Gasteiger partial charge in [0.25, 0.3) is 0 Å². The zero-order valence-electron chi connectivity index (χ0n) is 10.6. The fourth-order valence-corrected chi connectivity index (χ4v) is 2.19. The van der Waals surface area contributed by atoms with Crippen molar-refractivity contribution in [3.63, 3.8) is 0 Å². The van der Waals surface area contributed by atoms with Crippen molar-refractivity contribution >= 4 is 15.9 Å². The number of hydrogen-bond acceptors (Lipinski definition) is 6. The van der Waals surface area contributed by atoms with E-state index < -0.39 is 0 Å². The van der Waals surface area contributed by atoms with Crippen molar-refractivity contribution in [3.05, 3.63) is 28.1 Å². The van der Waals surface area contributed by atoms with Crippen LogP contribution in [0.1, 0.15) is 11.5 Å². The second-order valence-electron chi connectivity index (χ2n) is 3.79. The summed E-state index contributed by atoms with van der Waals surface area (Å²) in [5, 5.41) is 3.91. The zero-order chi connectivity index (χ0) is 13.8. The average Bonchev–Trinajstić information content (AvgIpc) is 2.89. The first-order valence-electron chi connectivity index (χ1n) is 5.58. The molecule has 0 spiro atoms. The van der Waals surface area contributed by atoms with Crippen LogP contribution in [-0.4, -0.2) is 24.4 Å². The van der Waals surface area contributed by atoms with Gasteiger partial charge in [0.1, 0.15) is 5.75 Å². The molecule has 0 radical (unpaired) electrons. The molecule has 1 aromatic carbocycles. The summed E-state index contributed by atoms with van der Waals surface area (Å²) in [5.41, 5.74) is 7.19. The van der Waals surface area contributed by atoms with Crippen LogP contribution in [-0.2, 0) is 17.9 Å². The molecule has 0 amide bonds. The normalized spacial score (nSPS) is 10.7. The number of halogens is 1. The van der Waals surface area contributed by atoms with Gasteiger partial charge in [-0.1, -0.05) is 5.16 Å². The van der Waals surface area contributed by atoms with Gasteiger partial charge in [-0.25, -0.2) is 0 Å². The van der Waals surface area contributed by atoms with Crippen molar-refractivity contribution in [3.8, 4) is 17.1 Å². The molecule has 0 saturated heterocycles. The van der Waals surface area contributed by atoms with Gasteiger partial charge < -0.3 is 19.7 Å². The van der Waals surface area contributed by atoms with Gasteiger partial charge >= 0.3 is 0 Å². The van der Waals surface area contributed by atoms with Crippen LogP contribution >= 0.6 is 15.9 Å². The molecular formula is C12H14BrN3O3. The van der Waals surface area contributed by atoms with E-state index in [1.165, 1.54) is 0 Å². The molecule has 102 valence electrons. The lowest BCUT2D eigenvalue weighted by atomic mass is 10.1. The summed E-state index contributed by atoms with van der Waals surface area (Å²) in [6.45, 7) is 0.634. The second kappa shape index (κ2) is 6.14. The smallest absolute Gasteiger partial charge is 0.240 e. The van der Waals surface area contributed by atoms with Crippen LogP contribution in [0.2, 0.25) is 0 Å². The molecule has 2 rings (SSSR count). The number of methoxy groups -OCH3 is 2. The van der Waals surface area contributed by atoms with E-state index in [2.05, 4.69) is 26.1 Å². The van der Waals surface area contributed by atoms with Crippen molar-refractivity contribution in [1.29, 1.82) is 0 Å². The van der Waals surface area contributed by atoms with Gasteiger partial charge in [-0.05, 0) is 33.6 Å². The van der Waals surface area contributed by atoms with E-state index in [1.807, 2.05) is 12.1 Å². The monoisotopic (exact) mass is 327 g/mol. The van der Waals surface area contributed by atoms with E-state index in [4.69, 9.17) is 19.7 Å². The molecule has 0 aliphatic carbocycles. The van der Waals surface area contributed by atoms with Crippen molar-refractivity contribution in [2.24, 2.45) is 5.73 Å². The maximum absolute atomic E-state index is 5.46. The maximum Gasteiger partial charge on any atom is 0.240 e. The zero-order valence-corrected chi connectivity index (χ0v) is 12.2. The van der Waals surface area contributed by atoms with Gasteiger partial charge in [0.2, 0.25) is 11.7 Å². The SMILES string of the molecule is COCc1cc(OC)c(Br)cc1-c1noc(CN)n1. The molecule has 19 heavy (non-hydrogen) atoms. The summed E-state index contributed by atoms with van der Waals surface area (Å²) < 4.78 is 16.3. The summed E-state index contributed by atoms with van der Waals surface area (Å²) in [4.78, 5) is 4.22. The molecule has 2 N–H and O–H groups in total. The van der Waals surface area contributed by atoms with Gasteiger partial charge in [-0.2, -0.15) is 4.98 Å². The highest BCUT2D eigenvalue weighted by molar-refractivity contribution is 9.10. The number of nitrogens with zero attached hydrogens (tertiary/aromatic N) is 2. The van der Waals surface area contributed by atoms with Gasteiger partial charge in [-0.3, -0.25) is 0 Å². The number of rotatable bonds is 5. The largest absolute Gasteiger partial charge is 0.496 e. The Hall–Kier alpha value is -1.44. The molecule has 0 aliphatic rings. The lowest BCUT2D eigenvalue weighted by molar-refractivity contribution is 0.185. The minimum Gasteiger partial charge on any atom is -0.496 e. The van der Waals surface area contributed by atoms with E-state index in [0.717, 1.165) is 21.3 Å². The van der Waals surface area contributed by atoms with Crippen LogP contribution in [0.3, 0.4) is 0 Å². The quantitative estimate of drug-likeness (QED) is 0.905. The summed E-state index contributed by atoms with van der Waals surface area (Å²) in [6, 6.07) is 3.75. The van der Waals surface area contributed by atoms with Crippen molar-refractivity contribution < 1.29 is 14.0 Å². The molecule has 1 aromatic heterocycles. The van der Waals surface area contributed by atoms with Crippen molar-refractivity contribution in [2.45, 2.75) is 13.2 Å². The van der Waals surface area contributed by atoms with Crippen LogP contribution in [0.15, 0.2) is 21.1 Å². The Morgan fingerprint density at radius 1 is 1.37 bits per heavy atom. The maximum atomic E-state index is 5.46. The second-order valence-corrected chi connectivity index (χ2v) is 4.65. The van der Waals surface area contributed by atoms with Crippen molar-refractivity contribution in [1.82, 2.24) is 10.1 Å². The predicted octanol–water partition coefficient (Wildman–Crippen LogP) is 2.11. The molecule has 0 bridgehead atoms. The van der Waals surface area contributed by atoms with E-state index in [1.54, 1.807) is 14.2 Å². The topological polar surface area (TPSA) is 83.4 Å². The molecule has 2 aromatic rings. The predicted molar refractivity (Wildman–Crippen MR) is 72.6 cm³/mol. The molecule has 7 heteroatoms. The highest BCUT2D eigenvalue weighted by Gasteiger charge is 2.15. The average molecular weight is 328 g/mol. The highest BCUT2D eigenvalue weighted by Crippen LogP contribution is 2.33. The number of hydrogen-bond donors (Lipinski definition) is 1. The Balaban J connectivity index is 2.50. The first-order chi connectivity index (χ1) is 9.19.